The van der Waals surface area contributed by atoms with E-state index in [-0.39, 0.29) is 12.6 Å². The van der Waals surface area contributed by atoms with Crippen molar-refractivity contribution >= 4 is 24.3 Å². The molecule has 0 fully saturated rings. The molecule has 4 heterocycles. The van der Waals surface area contributed by atoms with Crippen molar-refractivity contribution in [3.05, 3.63) is 95.3 Å². The SMILES string of the molecule is CCCCC1Oc2ccc(/C=C/c3ccnc(-c4cc(/C=C/c5ccc6c(c5)OC(CCCC)O6)ccn4)c3)cc2O1. The molecule has 2 aromatic heterocycles. The van der Waals surface area contributed by atoms with Crippen molar-refractivity contribution in [2.45, 2.75) is 65.0 Å². The van der Waals surface area contributed by atoms with Crippen molar-refractivity contribution in [1.82, 2.24) is 9.97 Å². The van der Waals surface area contributed by atoms with E-state index in [0.29, 0.717) is 0 Å². The molecule has 6 heteroatoms. The van der Waals surface area contributed by atoms with E-state index in [2.05, 4.69) is 48.1 Å². The summed E-state index contributed by atoms with van der Waals surface area (Å²) in [6, 6.07) is 20.2. The topological polar surface area (TPSA) is 62.7 Å². The van der Waals surface area contributed by atoms with Gasteiger partial charge in [0.2, 0.25) is 12.6 Å². The van der Waals surface area contributed by atoms with Gasteiger partial charge in [-0.15, -0.1) is 0 Å². The Hall–Kier alpha value is -4.58. The number of unbranched alkanes of at least 4 members (excludes halogenated alkanes) is 2. The highest BCUT2D eigenvalue weighted by Gasteiger charge is 2.24. The molecule has 0 radical (unpaired) electrons. The van der Waals surface area contributed by atoms with Crippen LogP contribution in [0.2, 0.25) is 0 Å². The van der Waals surface area contributed by atoms with Crippen LogP contribution >= 0.6 is 0 Å². The van der Waals surface area contributed by atoms with E-state index in [1.54, 1.807) is 0 Å². The number of aromatic nitrogens is 2. The molecule has 0 aliphatic carbocycles. The van der Waals surface area contributed by atoms with E-state index >= 15 is 0 Å². The third kappa shape index (κ3) is 6.65. The molecule has 0 N–H and O–H groups in total. The van der Waals surface area contributed by atoms with Crippen LogP contribution < -0.4 is 18.9 Å². The number of rotatable bonds is 11. The predicted molar refractivity (Wildman–Crippen MR) is 167 cm³/mol. The van der Waals surface area contributed by atoms with Crippen LogP contribution in [-0.4, -0.2) is 22.5 Å². The molecule has 6 nitrogen and oxygen atoms in total. The Morgan fingerprint density at radius 2 is 0.929 bits per heavy atom. The van der Waals surface area contributed by atoms with Crippen molar-refractivity contribution in [2.24, 2.45) is 0 Å². The smallest absolute Gasteiger partial charge is 0.241 e. The molecule has 2 atom stereocenters. The minimum Gasteiger partial charge on any atom is -0.451 e. The summed E-state index contributed by atoms with van der Waals surface area (Å²) >= 11 is 0. The molecule has 0 amide bonds. The first kappa shape index (κ1) is 27.6. The highest BCUT2D eigenvalue weighted by Crippen LogP contribution is 2.38. The average Bonchev–Trinajstić information content (AvgIpc) is 3.63. The molecule has 2 unspecified atom stereocenters. The largest absolute Gasteiger partial charge is 0.451 e. The fourth-order valence-corrected chi connectivity index (χ4v) is 4.99. The highest BCUT2D eigenvalue weighted by atomic mass is 16.7. The third-order valence-corrected chi connectivity index (χ3v) is 7.32. The van der Waals surface area contributed by atoms with Crippen molar-refractivity contribution in [3.63, 3.8) is 0 Å². The summed E-state index contributed by atoms with van der Waals surface area (Å²) in [6.07, 6.45) is 17.8. The van der Waals surface area contributed by atoms with Gasteiger partial charge in [0, 0.05) is 25.2 Å². The molecule has 42 heavy (non-hydrogen) atoms. The molecular weight excluding hydrogens is 524 g/mol. The first-order valence-electron chi connectivity index (χ1n) is 14.9. The molecule has 4 aromatic rings. The minimum atomic E-state index is -0.180. The number of ether oxygens (including phenoxy) is 4. The lowest BCUT2D eigenvalue weighted by Crippen LogP contribution is -2.17. The molecule has 0 saturated carbocycles. The van der Waals surface area contributed by atoms with Gasteiger partial charge < -0.3 is 18.9 Å². The first-order chi connectivity index (χ1) is 20.7. The number of pyridine rings is 2. The van der Waals surface area contributed by atoms with Gasteiger partial charge in [0.25, 0.3) is 0 Å². The summed E-state index contributed by atoms with van der Waals surface area (Å²) in [5.41, 5.74) is 5.82. The van der Waals surface area contributed by atoms with Crippen LogP contribution in [0.15, 0.2) is 73.1 Å². The summed E-state index contributed by atoms with van der Waals surface area (Å²) < 4.78 is 23.8. The zero-order valence-corrected chi connectivity index (χ0v) is 24.2. The second kappa shape index (κ2) is 12.9. The van der Waals surface area contributed by atoms with Crippen molar-refractivity contribution in [3.8, 4) is 34.4 Å². The molecule has 2 aliphatic heterocycles. The maximum atomic E-state index is 5.98. The van der Waals surface area contributed by atoms with E-state index in [1.165, 1.54) is 0 Å². The Labute approximate surface area is 247 Å². The van der Waals surface area contributed by atoms with Gasteiger partial charge in [-0.2, -0.15) is 0 Å². The molecule has 6 rings (SSSR count). The lowest BCUT2D eigenvalue weighted by atomic mass is 10.1. The molecule has 0 spiro atoms. The summed E-state index contributed by atoms with van der Waals surface area (Å²) in [5, 5.41) is 0. The second-order valence-electron chi connectivity index (χ2n) is 10.6. The maximum Gasteiger partial charge on any atom is 0.241 e. The van der Waals surface area contributed by atoms with E-state index in [4.69, 9.17) is 18.9 Å². The Kier molecular flexibility index (Phi) is 8.50. The van der Waals surface area contributed by atoms with Gasteiger partial charge in [-0.1, -0.05) is 63.1 Å². The highest BCUT2D eigenvalue weighted by molar-refractivity contribution is 5.75. The lowest BCUT2D eigenvalue weighted by Gasteiger charge is -2.08. The lowest BCUT2D eigenvalue weighted by molar-refractivity contribution is 0.0397. The van der Waals surface area contributed by atoms with Crippen LogP contribution in [-0.2, 0) is 0 Å². The Balaban J connectivity index is 1.12. The summed E-state index contributed by atoms with van der Waals surface area (Å²) in [6.45, 7) is 4.34. The molecule has 0 saturated heterocycles. The maximum absolute atomic E-state index is 5.98. The van der Waals surface area contributed by atoms with Gasteiger partial charge in [-0.25, -0.2) is 0 Å². The number of benzene rings is 2. The molecule has 214 valence electrons. The van der Waals surface area contributed by atoms with Crippen molar-refractivity contribution in [2.75, 3.05) is 0 Å². The van der Waals surface area contributed by atoms with Gasteiger partial charge in [0.15, 0.2) is 23.0 Å². The summed E-state index contributed by atoms with van der Waals surface area (Å²) in [5.74, 6) is 3.24. The van der Waals surface area contributed by atoms with E-state index in [9.17, 15) is 0 Å². The number of hydrogen-bond donors (Lipinski definition) is 0. The zero-order valence-electron chi connectivity index (χ0n) is 24.2. The van der Waals surface area contributed by atoms with Crippen molar-refractivity contribution in [1.29, 1.82) is 0 Å². The summed E-state index contributed by atoms with van der Waals surface area (Å²) in [4.78, 5) is 9.17. The Bertz CT molecular complexity index is 1480. The molecule has 2 aromatic carbocycles. The van der Waals surface area contributed by atoms with Crippen LogP contribution in [0.5, 0.6) is 23.0 Å². The normalized spacial score (nSPS) is 17.0. The second-order valence-corrected chi connectivity index (χ2v) is 10.6. The van der Waals surface area contributed by atoms with Gasteiger partial charge in [-0.3, -0.25) is 9.97 Å². The molecule has 2 aliphatic rings. The van der Waals surface area contributed by atoms with Crippen LogP contribution in [0, 0.1) is 0 Å². The Morgan fingerprint density at radius 1 is 0.524 bits per heavy atom. The first-order valence-corrected chi connectivity index (χ1v) is 14.9. The number of nitrogens with zero attached hydrogens (tertiary/aromatic N) is 2. The van der Waals surface area contributed by atoms with E-state index in [0.717, 1.165) is 95.2 Å². The fraction of sp³-hybridized carbons (Fsp3) is 0.278. The van der Waals surface area contributed by atoms with E-state index in [1.807, 2.05) is 73.1 Å². The van der Waals surface area contributed by atoms with Crippen LogP contribution in [0.1, 0.15) is 74.6 Å². The van der Waals surface area contributed by atoms with Gasteiger partial charge in [0.05, 0.1) is 11.4 Å². The van der Waals surface area contributed by atoms with E-state index < -0.39 is 0 Å². The minimum absolute atomic E-state index is 0.180. The van der Waals surface area contributed by atoms with Crippen LogP contribution in [0.25, 0.3) is 35.7 Å². The Morgan fingerprint density at radius 3 is 1.36 bits per heavy atom. The standard InChI is InChI=1S/C36H36N2O4/c1-3-5-7-35-39-31-15-13-25(23-33(31)41-35)9-11-27-17-19-37-29(21-27)30-22-28(18-20-38-30)12-10-26-14-16-32-34(24-26)42-36(40-32)8-6-4-2/h9-24,35-36H,3-8H2,1-2H3/b11-9+,12-10+. The summed E-state index contributed by atoms with van der Waals surface area (Å²) in [7, 11) is 0. The quantitative estimate of drug-likeness (QED) is 0.182. The average molecular weight is 561 g/mol. The van der Waals surface area contributed by atoms with Gasteiger partial charge in [-0.05, 0) is 83.6 Å². The van der Waals surface area contributed by atoms with Gasteiger partial charge in [0.1, 0.15) is 0 Å². The number of hydrogen-bond acceptors (Lipinski definition) is 6. The van der Waals surface area contributed by atoms with Crippen LogP contribution in [0.3, 0.4) is 0 Å². The molecular formula is C36H36N2O4. The van der Waals surface area contributed by atoms with Crippen LogP contribution in [0.4, 0.5) is 0 Å². The fourth-order valence-electron chi connectivity index (χ4n) is 4.99. The molecule has 0 bridgehead atoms. The number of fused-ring (bicyclic) bond motifs is 2. The zero-order chi connectivity index (χ0) is 28.7. The predicted octanol–water partition coefficient (Wildman–Crippen LogP) is 9.06. The van der Waals surface area contributed by atoms with Crippen molar-refractivity contribution < 1.29 is 18.9 Å². The van der Waals surface area contributed by atoms with Gasteiger partial charge >= 0.3 is 0 Å². The monoisotopic (exact) mass is 560 g/mol. The third-order valence-electron chi connectivity index (χ3n) is 7.32.